The van der Waals surface area contributed by atoms with E-state index in [1.54, 1.807) is 12.1 Å². The van der Waals surface area contributed by atoms with Gasteiger partial charge in [-0.3, -0.25) is 0 Å². The van der Waals surface area contributed by atoms with Crippen molar-refractivity contribution in [3.63, 3.8) is 0 Å². The fourth-order valence-electron chi connectivity index (χ4n) is 4.19. The number of halogens is 1. The lowest BCUT2D eigenvalue weighted by Crippen LogP contribution is -2.49. The topological polar surface area (TPSA) is 26.0 Å². The van der Waals surface area contributed by atoms with Crippen LogP contribution in [0.4, 0.5) is 4.39 Å². The summed E-state index contributed by atoms with van der Waals surface area (Å²) in [6.07, 6.45) is 2.98. The van der Waals surface area contributed by atoms with E-state index < -0.39 is 5.54 Å². The minimum absolute atomic E-state index is 0.196. The molecule has 0 aliphatic heterocycles. The number of benzene rings is 1. The summed E-state index contributed by atoms with van der Waals surface area (Å²) in [6.45, 7) is 9.03. The van der Waals surface area contributed by atoms with Gasteiger partial charge in [0.15, 0.2) is 0 Å². The monoisotopic (exact) mass is 249 g/mol. The van der Waals surface area contributed by atoms with Gasteiger partial charge in [0.1, 0.15) is 5.82 Å². The molecule has 1 aliphatic carbocycles. The first-order valence-electron chi connectivity index (χ1n) is 6.67. The minimum atomic E-state index is -0.409. The van der Waals surface area contributed by atoms with Crippen LogP contribution in [0, 0.1) is 16.6 Å². The van der Waals surface area contributed by atoms with Gasteiger partial charge in [-0.15, -0.1) is 0 Å². The molecule has 1 fully saturated rings. The molecule has 0 unspecified atom stereocenters. The molecule has 0 bridgehead atoms. The fourth-order valence-corrected chi connectivity index (χ4v) is 4.19. The van der Waals surface area contributed by atoms with Crippen LogP contribution in [0.3, 0.4) is 0 Å². The fraction of sp³-hybridized carbons (Fsp3) is 0.625. The number of rotatable bonds is 1. The van der Waals surface area contributed by atoms with Crippen molar-refractivity contribution < 1.29 is 4.39 Å². The molecule has 2 heteroatoms. The molecule has 0 spiro atoms. The zero-order valence-electron chi connectivity index (χ0n) is 11.9. The van der Waals surface area contributed by atoms with E-state index in [4.69, 9.17) is 5.73 Å². The van der Waals surface area contributed by atoms with Crippen LogP contribution in [0.2, 0.25) is 0 Å². The molecular formula is C16H24FN. The summed E-state index contributed by atoms with van der Waals surface area (Å²) < 4.78 is 13.4. The highest BCUT2D eigenvalue weighted by atomic mass is 19.1. The Labute approximate surface area is 110 Å². The molecule has 2 N–H and O–H groups in total. The lowest BCUT2D eigenvalue weighted by molar-refractivity contribution is 0.0469. The quantitative estimate of drug-likeness (QED) is 0.792. The second kappa shape index (κ2) is 4.06. The van der Waals surface area contributed by atoms with Crippen LogP contribution in [0.5, 0.6) is 0 Å². The normalized spacial score (nSPS) is 24.8. The Hall–Kier alpha value is -0.890. The van der Waals surface area contributed by atoms with E-state index >= 15 is 0 Å². The largest absolute Gasteiger partial charge is 0.321 e. The third-order valence-corrected chi connectivity index (χ3v) is 3.94. The lowest BCUT2D eigenvalue weighted by atomic mass is 9.57. The number of hydrogen-bond acceptors (Lipinski definition) is 1. The molecule has 1 aromatic carbocycles. The Morgan fingerprint density at radius 2 is 1.56 bits per heavy atom. The summed E-state index contributed by atoms with van der Waals surface area (Å²) in [7, 11) is 0. The average molecular weight is 249 g/mol. The molecule has 0 radical (unpaired) electrons. The van der Waals surface area contributed by atoms with Crippen molar-refractivity contribution in [2.75, 3.05) is 0 Å². The summed E-state index contributed by atoms with van der Waals surface area (Å²) in [6, 6.07) is 6.79. The van der Waals surface area contributed by atoms with Crippen molar-refractivity contribution in [1.82, 2.24) is 0 Å². The van der Waals surface area contributed by atoms with Gasteiger partial charge < -0.3 is 5.73 Å². The molecule has 1 aromatic rings. The maximum atomic E-state index is 13.4. The predicted octanol–water partition coefficient (Wildman–Crippen LogP) is 4.22. The zero-order chi connectivity index (χ0) is 13.6. The van der Waals surface area contributed by atoms with E-state index in [0.717, 1.165) is 24.8 Å². The number of hydrogen-bond donors (Lipinski definition) is 1. The molecule has 18 heavy (non-hydrogen) atoms. The van der Waals surface area contributed by atoms with Crippen LogP contribution in [-0.2, 0) is 5.54 Å². The van der Waals surface area contributed by atoms with Gasteiger partial charge in [-0.25, -0.2) is 4.39 Å². The molecule has 0 aromatic heterocycles. The Balaban J connectivity index is 2.41. The van der Waals surface area contributed by atoms with Crippen LogP contribution >= 0.6 is 0 Å². The lowest BCUT2D eigenvalue weighted by Gasteiger charge is -2.50. The standard InChI is InChI=1S/C16H24FN/c1-14(2)9-15(3,4)11-16(18,10-14)12-6-5-7-13(17)8-12/h5-8H,9-11,18H2,1-4H3. The Kier molecular flexibility index (Phi) is 3.05. The van der Waals surface area contributed by atoms with E-state index in [2.05, 4.69) is 27.7 Å². The summed E-state index contributed by atoms with van der Waals surface area (Å²) in [4.78, 5) is 0. The highest BCUT2D eigenvalue weighted by Gasteiger charge is 2.46. The third kappa shape index (κ3) is 2.74. The Morgan fingerprint density at radius 3 is 2.06 bits per heavy atom. The molecule has 0 heterocycles. The maximum absolute atomic E-state index is 13.4. The molecule has 0 atom stereocenters. The molecule has 1 aliphatic rings. The van der Waals surface area contributed by atoms with Crippen molar-refractivity contribution in [3.8, 4) is 0 Å². The third-order valence-electron chi connectivity index (χ3n) is 3.94. The summed E-state index contributed by atoms with van der Waals surface area (Å²) in [5.41, 5.74) is 7.55. The van der Waals surface area contributed by atoms with Crippen molar-refractivity contribution in [2.45, 2.75) is 52.5 Å². The van der Waals surface area contributed by atoms with E-state index in [-0.39, 0.29) is 16.6 Å². The van der Waals surface area contributed by atoms with Gasteiger partial charge in [0.05, 0.1) is 0 Å². The van der Waals surface area contributed by atoms with Crippen molar-refractivity contribution in [3.05, 3.63) is 35.6 Å². The van der Waals surface area contributed by atoms with Crippen LogP contribution in [0.15, 0.2) is 24.3 Å². The van der Waals surface area contributed by atoms with Gasteiger partial charge in [-0.05, 0) is 47.8 Å². The van der Waals surface area contributed by atoms with Crippen LogP contribution in [0.25, 0.3) is 0 Å². The second-order valence-corrected chi connectivity index (χ2v) is 7.53. The zero-order valence-corrected chi connectivity index (χ0v) is 11.9. The van der Waals surface area contributed by atoms with Gasteiger partial charge in [0.25, 0.3) is 0 Å². The molecular weight excluding hydrogens is 225 g/mol. The van der Waals surface area contributed by atoms with Crippen LogP contribution in [-0.4, -0.2) is 0 Å². The SMILES string of the molecule is CC1(C)CC(C)(C)CC(N)(c2cccc(F)c2)C1. The van der Waals surface area contributed by atoms with Gasteiger partial charge in [-0.1, -0.05) is 39.8 Å². The highest BCUT2D eigenvalue weighted by molar-refractivity contribution is 5.27. The van der Waals surface area contributed by atoms with E-state index in [0.29, 0.717) is 0 Å². The van der Waals surface area contributed by atoms with Crippen molar-refractivity contribution >= 4 is 0 Å². The first-order chi connectivity index (χ1) is 8.12. The van der Waals surface area contributed by atoms with E-state index in [1.165, 1.54) is 6.07 Å². The van der Waals surface area contributed by atoms with Gasteiger partial charge in [0.2, 0.25) is 0 Å². The van der Waals surface area contributed by atoms with E-state index in [9.17, 15) is 4.39 Å². The first kappa shape index (κ1) is 13.5. The smallest absolute Gasteiger partial charge is 0.123 e. The average Bonchev–Trinajstić information content (AvgIpc) is 2.11. The summed E-state index contributed by atoms with van der Waals surface area (Å²) in [5.74, 6) is -0.196. The van der Waals surface area contributed by atoms with Crippen molar-refractivity contribution in [1.29, 1.82) is 0 Å². The molecule has 2 rings (SSSR count). The van der Waals surface area contributed by atoms with Crippen molar-refractivity contribution in [2.24, 2.45) is 16.6 Å². The van der Waals surface area contributed by atoms with E-state index in [1.807, 2.05) is 6.07 Å². The van der Waals surface area contributed by atoms with Crippen LogP contribution in [0.1, 0.15) is 52.5 Å². The highest BCUT2D eigenvalue weighted by Crippen LogP contribution is 2.52. The first-order valence-corrected chi connectivity index (χ1v) is 6.67. The van der Waals surface area contributed by atoms with Gasteiger partial charge >= 0.3 is 0 Å². The molecule has 100 valence electrons. The molecule has 1 nitrogen and oxygen atoms in total. The summed E-state index contributed by atoms with van der Waals surface area (Å²) >= 11 is 0. The van der Waals surface area contributed by atoms with Gasteiger partial charge in [-0.2, -0.15) is 0 Å². The number of nitrogens with two attached hydrogens (primary N) is 1. The molecule has 0 saturated heterocycles. The summed E-state index contributed by atoms with van der Waals surface area (Å²) in [5, 5.41) is 0. The Morgan fingerprint density at radius 1 is 1.00 bits per heavy atom. The second-order valence-electron chi connectivity index (χ2n) is 7.53. The predicted molar refractivity (Wildman–Crippen MR) is 73.7 cm³/mol. The van der Waals surface area contributed by atoms with Crippen LogP contribution < -0.4 is 5.73 Å². The maximum Gasteiger partial charge on any atom is 0.123 e. The molecule has 1 saturated carbocycles. The van der Waals surface area contributed by atoms with Gasteiger partial charge in [0, 0.05) is 5.54 Å². The minimum Gasteiger partial charge on any atom is -0.321 e. The Bertz CT molecular complexity index is 432. The molecule has 0 amide bonds.